The van der Waals surface area contributed by atoms with Gasteiger partial charge in [0.05, 0.1) is 0 Å². The SMILES string of the molecule is Cn1cc(C(F)(F)F)nc1-c1ccc(-c2noc(-c3ccc(F)cc3-c3cccc(F)c3F)n2)cc1. The lowest BCUT2D eigenvalue weighted by Crippen LogP contribution is -2.04. The molecule has 2 heterocycles. The summed E-state index contributed by atoms with van der Waals surface area (Å²) in [6, 6.07) is 13.3. The third-order valence-electron chi connectivity index (χ3n) is 5.45. The van der Waals surface area contributed by atoms with E-state index in [2.05, 4.69) is 15.1 Å². The van der Waals surface area contributed by atoms with Crippen LogP contribution in [0.1, 0.15) is 5.69 Å². The van der Waals surface area contributed by atoms with Gasteiger partial charge >= 0.3 is 6.18 Å². The number of alkyl halides is 3. The number of hydrogen-bond donors (Lipinski definition) is 0. The molecular formula is C25H14F6N4O. The highest BCUT2D eigenvalue weighted by atomic mass is 19.4. The minimum Gasteiger partial charge on any atom is -0.334 e. The Bertz CT molecular complexity index is 1570. The summed E-state index contributed by atoms with van der Waals surface area (Å²) in [6.45, 7) is 0. The van der Waals surface area contributed by atoms with Crippen LogP contribution in [0.15, 0.2) is 71.4 Å². The summed E-state index contributed by atoms with van der Waals surface area (Å²) in [5, 5.41) is 3.90. The summed E-state index contributed by atoms with van der Waals surface area (Å²) < 4.78 is 87.6. The van der Waals surface area contributed by atoms with Crippen LogP contribution in [0.3, 0.4) is 0 Å². The topological polar surface area (TPSA) is 56.7 Å². The van der Waals surface area contributed by atoms with Gasteiger partial charge in [-0.15, -0.1) is 0 Å². The van der Waals surface area contributed by atoms with Crippen molar-refractivity contribution in [2.45, 2.75) is 6.18 Å². The van der Waals surface area contributed by atoms with Crippen molar-refractivity contribution < 1.29 is 30.9 Å². The number of aromatic nitrogens is 4. The minimum atomic E-state index is -4.56. The number of rotatable bonds is 4. The van der Waals surface area contributed by atoms with Gasteiger partial charge in [0, 0.05) is 41.1 Å². The van der Waals surface area contributed by atoms with Crippen molar-refractivity contribution in [3.05, 3.63) is 90.0 Å². The Morgan fingerprint density at radius 2 is 1.53 bits per heavy atom. The van der Waals surface area contributed by atoms with Crippen LogP contribution in [-0.2, 0) is 13.2 Å². The zero-order valence-electron chi connectivity index (χ0n) is 18.3. The maximum Gasteiger partial charge on any atom is 0.434 e. The maximum absolute atomic E-state index is 14.4. The Hall–Kier alpha value is -4.41. The first-order valence-electron chi connectivity index (χ1n) is 10.4. The molecule has 182 valence electrons. The second-order valence-electron chi connectivity index (χ2n) is 7.85. The minimum absolute atomic E-state index is 0.0211. The van der Waals surface area contributed by atoms with Gasteiger partial charge in [-0.1, -0.05) is 41.6 Å². The van der Waals surface area contributed by atoms with Crippen molar-refractivity contribution in [3.8, 4) is 45.4 Å². The Kier molecular flexibility index (Phi) is 5.62. The largest absolute Gasteiger partial charge is 0.434 e. The number of hydrogen-bond acceptors (Lipinski definition) is 4. The van der Waals surface area contributed by atoms with E-state index in [9.17, 15) is 26.3 Å². The van der Waals surface area contributed by atoms with Crippen LogP contribution in [-0.4, -0.2) is 19.7 Å². The molecule has 0 unspecified atom stereocenters. The van der Waals surface area contributed by atoms with Crippen LogP contribution < -0.4 is 0 Å². The Morgan fingerprint density at radius 3 is 2.22 bits per heavy atom. The molecule has 5 aromatic rings. The lowest BCUT2D eigenvalue weighted by molar-refractivity contribution is -0.140. The fourth-order valence-electron chi connectivity index (χ4n) is 3.73. The summed E-state index contributed by atoms with van der Waals surface area (Å²) in [4.78, 5) is 7.95. The maximum atomic E-state index is 14.4. The molecule has 0 saturated carbocycles. The van der Waals surface area contributed by atoms with Gasteiger partial charge in [-0.05, 0) is 24.3 Å². The van der Waals surface area contributed by atoms with E-state index in [1.807, 2.05) is 0 Å². The van der Waals surface area contributed by atoms with Crippen LogP contribution in [0, 0.1) is 17.5 Å². The third-order valence-corrected chi connectivity index (χ3v) is 5.45. The molecule has 0 aliphatic heterocycles. The smallest absolute Gasteiger partial charge is 0.334 e. The first kappa shape index (κ1) is 23.3. The normalized spacial score (nSPS) is 11.8. The van der Waals surface area contributed by atoms with Crippen LogP contribution in [0.5, 0.6) is 0 Å². The quantitative estimate of drug-likeness (QED) is 0.252. The molecule has 36 heavy (non-hydrogen) atoms. The predicted octanol–water partition coefficient (Wildman–Crippen LogP) is 6.91. The predicted molar refractivity (Wildman–Crippen MR) is 118 cm³/mol. The highest BCUT2D eigenvalue weighted by molar-refractivity contribution is 5.81. The van der Waals surface area contributed by atoms with E-state index in [0.717, 1.165) is 24.4 Å². The average Bonchev–Trinajstić information content (AvgIpc) is 3.48. The summed E-state index contributed by atoms with van der Waals surface area (Å²) in [5.41, 5.74) is -0.0714. The molecule has 5 nitrogen and oxygen atoms in total. The van der Waals surface area contributed by atoms with Crippen molar-refractivity contribution in [1.29, 1.82) is 0 Å². The molecule has 0 N–H and O–H groups in total. The van der Waals surface area contributed by atoms with Gasteiger partial charge in [0.25, 0.3) is 5.89 Å². The third kappa shape index (κ3) is 4.23. The number of aryl methyl sites for hydroxylation is 1. The molecule has 0 fully saturated rings. The van der Waals surface area contributed by atoms with E-state index in [1.54, 1.807) is 24.3 Å². The van der Waals surface area contributed by atoms with Crippen molar-refractivity contribution in [2.75, 3.05) is 0 Å². The number of benzene rings is 3. The summed E-state index contributed by atoms with van der Waals surface area (Å²) in [6.07, 6.45) is -3.67. The molecule has 3 aromatic carbocycles. The van der Waals surface area contributed by atoms with E-state index in [-0.39, 0.29) is 34.2 Å². The second-order valence-corrected chi connectivity index (χ2v) is 7.85. The van der Waals surface area contributed by atoms with Crippen molar-refractivity contribution in [1.82, 2.24) is 19.7 Å². The van der Waals surface area contributed by atoms with Crippen molar-refractivity contribution in [3.63, 3.8) is 0 Å². The van der Waals surface area contributed by atoms with E-state index >= 15 is 0 Å². The molecule has 2 aromatic heterocycles. The molecular weight excluding hydrogens is 486 g/mol. The van der Waals surface area contributed by atoms with Crippen LogP contribution >= 0.6 is 0 Å². The molecule has 5 rings (SSSR count). The Morgan fingerprint density at radius 1 is 0.806 bits per heavy atom. The van der Waals surface area contributed by atoms with Crippen molar-refractivity contribution in [2.24, 2.45) is 7.05 Å². The monoisotopic (exact) mass is 500 g/mol. The van der Waals surface area contributed by atoms with Crippen molar-refractivity contribution >= 4 is 0 Å². The molecule has 0 spiro atoms. The number of nitrogens with zero attached hydrogens (tertiary/aromatic N) is 4. The summed E-state index contributed by atoms with van der Waals surface area (Å²) in [5.74, 6) is -2.73. The van der Waals surface area contributed by atoms with Gasteiger partial charge in [-0.3, -0.25) is 0 Å². The van der Waals surface area contributed by atoms with E-state index in [4.69, 9.17) is 4.52 Å². The Balaban J connectivity index is 1.49. The van der Waals surface area contributed by atoms with Gasteiger partial charge < -0.3 is 9.09 Å². The summed E-state index contributed by atoms with van der Waals surface area (Å²) in [7, 11) is 1.46. The van der Waals surface area contributed by atoms with E-state index < -0.39 is 29.3 Å². The highest BCUT2D eigenvalue weighted by Gasteiger charge is 2.34. The first-order chi connectivity index (χ1) is 17.1. The lowest BCUT2D eigenvalue weighted by atomic mass is 9.98. The molecule has 0 aliphatic rings. The fourth-order valence-corrected chi connectivity index (χ4v) is 3.73. The second kappa shape index (κ2) is 8.67. The lowest BCUT2D eigenvalue weighted by Gasteiger charge is -2.08. The van der Waals surface area contributed by atoms with E-state index in [1.165, 1.54) is 29.8 Å². The molecule has 0 amide bonds. The van der Waals surface area contributed by atoms with Crippen LogP contribution in [0.25, 0.3) is 45.4 Å². The molecule has 0 atom stereocenters. The number of imidazole rings is 1. The fraction of sp³-hybridized carbons (Fsp3) is 0.0800. The molecule has 0 bridgehead atoms. The molecule has 0 aliphatic carbocycles. The average molecular weight is 500 g/mol. The highest BCUT2D eigenvalue weighted by Crippen LogP contribution is 2.35. The summed E-state index contributed by atoms with van der Waals surface area (Å²) >= 11 is 0. The molecule has 0 radical (unpaired) electrons. The molecule has 11 heteroatoms. The molecule has 0 saturated heterocycles. The number of halogens is 6. The Labute approximate surface area is 199 Å². The van der Waals surface area contributed by atoms with Crippen LogP contribution in [0.4, 0.5) is 26.3 Å². The zero-order valence-corrected chi connectivity index (χ0v) is 18.3. The standard InChI is InChI=1S/C25H14F6N4O/c1-35-12-20(25(29,30)31)32-23(35)14-7-5-13(6-8-14)22-33-24(36-34-22)17-10-9-15(26)11-18(17)16-3-2-4-19(27)21(16)28/h2-12H,1H3. The van der Waals surface area contributed by atoms with Gasteiger partial charge in [-0.25, -0.2) is 18.2 Å². The van der Waals surface area contributed by atoms with Gasteiger partial charge in [0.2, 0.25) is 5.82 Å². The van der Waals surface area contributed by atoms with Gasteiger partial charge in [0.15, 0.2) is 17.3 Å². The van der Waals surface area contributed by atoms with Gasteiger partial charge in [0.1, 0.15) is 11.6 Å². The van der Waals surface area contributed by atoms with Gasteiger partial charge in [-0.2, -0.15) is 18.2 Å². The van der Waals surface area contributed by atoms with Crippen LogP contribution in [0.2, 0.25) is 0 Å². The zero-order chi connectivity index (χ0) is 25.6. The first-order valence-corrected chi connectivity index (χ1v) is 10.4. The van der Waals surface area contributed by atoms with E-state index in [0.29, 0.717) is 11.1 Å².